The lowest BCUT2D eigenvalue weighted by molar-refractivity contribution is -0.188. The van der Waals surface area contributed by atoms with E-state index in [0.717, 1.165) is 84.0 Å². The summed E-state index contributed by atoms with van der Waals surface area (Å²) < 4.78 is 12.2. The third-order valence-corrected chi connectivity index (χ3v) is 10.3. The number of hydrogen-bond donors (Lipinski definition) is 5. The van der Waals surface area contributed by atoms with Crippen LogP contribution in [-0.4, -0.2) is 76.6 Å². The fourth-order valence-electron chi connectivity index (χ4n) is 7.58. The number of nitrogens with one attached hydrogen (secondary N) is 2. The minimum Gasteiger partial charge on any atom is -0.506 e. The number of carbonyl (C=O) groups excluding carboxylic acids is 1. The third-order valence-electron chi connectivity index (χ3n) is 10.3. The fraction of sp³-hybridized carbons (Fsp3) is 0.556. The molecule has 1 saturated carbocycles. The van der Waals surface area contributed by atoms with E-state index in [2.05, 4.69) is 15.2 Å². The molecule has 5 N–H and O–H groups in total. The molecule has 3 aliphatic heterocycles. The van der Waals surface area contributed by atoms with Gasteiger partial charge in [0.15, 0.2) is 5.60 Å². The normalized spacial score (nSPS) is 23.3. The van der Waals surface area contributed by atoms with Crippen LogP contribution in [0.15, 0.2) is 53.3 Å². The van der Waals surface area contributed by atoms with Crippen LogP contribution < -0.4 is 15.6 Å². The number of ether oxygens (including phenoxy) is 2. The van der Waals surface area contributed by atoms with Gasteiger partial charge >= 0.3 is 5.97 Å². The number of aromatic nitrogens is 1. The van der Waals surface area contributed by atoms with E-state index >= 15 is 0 Å². The number of hydrogen-bond acceptors (Lipinski definition) is 9. The van der Waals surface area contributed by atoms with Crippen molar-refractivity contribution in [3.63, 3.8) is 0 Å². The van der Waals surface area contributed by atoms with E-state index in [0.29, 0.717) is 46.8 Å². The molecule has 3 atom stereocenters. The van der Waals surface area contributed by atoms with E-state index in [1.54, 1.807) is 12.1 Å². The van der Waals surface area contributed by atoms with E-state index < -0.39 is 17.7 Å². The molecule has 3 saturated heterocycles. The number of H-pyrrole nitrogens is 1. The molecule has 0 spiro atoms. The summed E-state index contributed by atoms with van der Waals surface area (Å²) in [6, 6.07) is 13.5. The number of fused-ring (bicyclic) bond motifs is 4. The monoisotopic (exact) mass is 633 g/mol. The molecule has 3 aromatic rings. The van der Waals surface area contributed by atoms with Gasteiger partial charge in [0.25, 0.3) is 0 Å². The molecule has 4 fully saturated rings. The van der Waals surface area contributed by atoms with Crippen molar-refractivity contribution in [2.75, 3.05) is 39.3 Å². The number of esters is 1. The average molecular weight is 634 g/mol. The Balaban J connectivity index is 0.968. The Morgan fingerprint density at radius 2 is 1.85 bits per heavy atom. The first kappa shape index (κ1) is 32.5. The number of piperidine rings is 3. The highest BCUT2D eigenvalue weighted by Crippen LogP contribution is 2.43. The van der Waals surface area contributed by atoms with Crippen molar-refractivity contribution in [3.8, 4) is 11.5 Å². The van der Waals surface area contributed by atoms with Crippen LogP contribution in [0.4, 0.5) is 0 Å². The first-order valence-electron chi connectivity index (χ1n) is 17.0. The lowest BCUT2D eigenvalue weighted by Crippen LogP contribution is -2.54. The second kappa shape index (κ2) is 14.5. The van der Waals surface area contributed by atoms with Gasteiger partial charge in [-0.2, -0.15) is 0 Å². The standard InChI is InChI=1S/C36H47N3O7/c40-30-13-11-28(29-12-14-33(42)38-34(29)30)31(41)22-37-17-4-1-5-20-45-27-10-6-9-26(21-27)36(44,25-7-2-3-8-25)35(43)46-32-23-39-18-15-24(32)16-19-39/h6,9-14,21,24-25,31-32,37,40-41,44H,1-5,7-8,15-20,22-23H2,(H,38,42). The summed E-state index contributed by atoms with van der Waals surface area (Å²) in [5.41, 5.74) is -0.475. The van der Waals surface area contributed by atoms with Gasteiger partial charge in [-0.3, -0.25) is 9.69 Å². The fourth-order valence-corrected chi connectivity index (χ4v) is 7.58. The molecular weight excluding hydrogens is 586 g/mol. The number of nitrogens with zero attached hydrogens (tertiary/aromatic N) is 1. The molecule has 10 heteroatoms. The Labute approximate surface area is 269 Å². The molecule has 0 amide bonds. The van der Waals surface area contributed by atoms with Gasteiger partial charge in [0, 0.05) is 30.5 Å². The molecule has 4 aliphatic rings. The number of benzene rings is 2. The quantitative estimate of drug-likeness (QED) is 0.131. The number of phenolic OH excluding ortho intramolecular Hbond substituents is 1. The maximum absolute atomic E-state index is 13.7. The highest BCUT2D eigenvalue weighted by molar-refractivity contribution is 5.87. The minimum absolute atomic E-state index is 0.0303. The minimum atomic E-state index is -1.68. The van der Waals surface area contributed by atoms with E-state index in [4.69, 9.17) is 9.47 Å². The summed E-state index contributed by atoms with van der Waals surface area (Å²) in [5.74, 6) is 0.301. The van der Waals surface area contributed by atoms with Gasteiger partial charge in [-0.1, -0.05) is 31.0 Å². The number of aliphatic hydroxyl groups is 2. The summed E-state index contributed by atoms with van der Waals surface area (Å²) in [7, 11) is 0. The number of carbonyl (C=O) groups is 1. The number of phenols is 1. The number of pyridine rings is 1. The molecule has 0 radical (unpaired) electrons. The van der Waals surface area contributed by atoms with Crippen LogP contribution in [0.2, 0.25) is 0 Å². The Kier molecular flexibility index (Phi) is 10.3. The topological polar surface area (TPSA) is 144 Å². The van der Waals surface area contributed by atoms with Crippen molar-refractivity contribution in [1.29, 1.82) is 0 Å². The Morgan fingerprint density at radius 1 is 1.04 bits per heavy atom. The number of rotatable bonds is 14. The first-order chi connectivity index (χ1) is 22.3. The lowest BCUT2D eigenvalue weighted by Gasteiger charge is -2.45. The Bertz CT molecular complexity index is 1550. The molecule has 2 bridgehead atoms. The molecule has 1 aliphatic carbocycles. The smallest absolute Gasteiger partial charge is 0.343 e. The van der Waals surface area contributed by atoms with Gasteiger partial charge in [0.2, 0.25) is 5.56 Å². The zero-order valence-corrected chi connectivity index (χ0v) is 26.5. The van der Waals surface area contributed by atoms with Crippen molar-refractivity contribution in [2.45, 2.75) is 75.6 Å². The number of unbranched alkanes of at least 4 members (excludes halogenated alkanes) is 2. The van der Waals surface area contributed by atoms with Gasteiger partial charge in [-0.25, -0.2) is 4.79 Å². The molecule has 46 heavy (non-hydrogen) atoms. The molecule has 7 rings (SSSR count). The van der Waals surface area contributed by atoms with E-state index in [1.807, 2.05) is 24.3 Å². The van der Waals surface area contributed by atoms with Gasteiger partial charge in [-0.05, 0) is 106 Å². The van der Waals surface area contributed by atoms with Gasteiger partial charge in [-0.15, -0.1) is 0 Å². The number of aromatic hydroxyl groups is 1. The third kappa shape index (κ3) is 7.10. The molecule has 2 aromatic carbocycles. The van der Waals surface area contributed by atoms with Crippen LogP contribution in [0.5, 0.6) is 11.5 Å². The van der Waals surface area contributed by atoms with E-state index in [9.17, 15) is 24.9 Å². The van der Waals surface area contributed by atoms with E-state index in [1.165, 1.54) is 12.1 Å². The van der Waals surface area contributed by atoms with Crippen molar-refractivity contribution >= 4 is 16.9 Å². The van der Waals surface area contributed by atoms with Crippen LogP contribution in [0, 0.1) is 11.8 Å². The van der Waals surface area contributed by atoms with Gasteiger partial charge in [0.1, 0.15) is 17.6 Å². The Hall–Kier alpha value is -3.44. The zero-order valence-electron chi connectivity index (χ0n) is 26.5. The SMILES string of the molecule is O=C(OC1CN2CCC1CC2)C(O)(c1cccc(OCCCCCNCC(O)c2ccc(O)c3[nH]c(=O)ccc23)c1)C1CCCC1. The van der Waals surface area contributed by atoms with Crippen molar-refractivity contribution in [2.24, 2.45) is 11.8 Å². The second-order valence-electron chi connectivity index (χ2n) is 13.3. The number of aliphatic hydroxyl groups excluding tert-OH is 1. The van der Waals surface area contributed by atoms with Crippen LogP contribution >= 0.6 is 0 Å². The summed E-state index contributed by atoms with van der Waals surface area (Å²) in [5, 5.41) is 36.8. The predicted molar refractivity (Wildman–Crippen MR) is 175 cm³/mol. The molecule has 10 nitrogen and oxygen atoms in total. The van der Waals surface area contributed by atoms with Crippen molar-refractivity contribution < 1.29 is 29.6 Å². The summed E-state index contributed by atoms with van der Waals surface area (Å²) in [4.78, 5) is 30.3. The van der Waals surface area contributed by atoms with E-state index in [-0.39, 0.29) is 23.3 Å². The van der Waals surface area contributed by atoms with Crippen LogP contribution in [0.25, 0.3) is 10.9 Å². The maximum atomic E-state index is 13.7. The first-order valence-corrected chi connectivity index (χ1v) is 17.0. The van der Waals surface area contributed by atoms with Gasteiger partial charge < -0.3 is 35.1 Å². The van der Waals surface area contributed by atoms with Crippen LogP contribution in [-0.2, 0) is 15.1 Å². The Morgan fingerprint density at radius 3 is 2.61 bits per heavy atom. The molecule has 3 unspecified atom stereocenters. The second-order valence-corrected chi connectivity index (χ2v) is 13.3. The zero-order chi connectivity index (χ0) is 32.1. The molecule has 1 aromatic heterocycles. The van der Waals surface area contributed by atoms with Crippen molar-refractivity contribution in [1.82, 2.24) is 15.2 Å². The molecule has 4 heterocycles. The summed E-state index contributed by atoms with van der Waals surface area (Å²) >= 11 is 0. The average Bonchev–Trinajstić information content (AvgIpc) is 3.62. The largest absolute Gasteiger partial charge is 0.506 e. The van der Waals surface area contributed by atoms with Gasteiger partial charge in [0.05, 0.1) is 18.2 Å². The van der Waals surface area contributed by atoms with Crippen LogP contribution in [0.3, 0.4) is 0 Å². The van der Waals surface area contributed by atoms with Crippen LogP contribution in [0.1, 0.15) is 75.0 Å². The highest BCUT2D eigenvalue weighted by Gasteiger charge is 2.50. The maximum Gasteiger partial charge on any atom is 0.343 e. The molecular formula is C36H47N3O7. The molecule has 248 valence electrons. The highest BCUT2D eigenvalue weighted by atomic mass is 16.6. The lowest BCUT2D eigenvalue weighted by atomic mass is 9.79. The number of aromatic amines is 1. The summed E-state index contributed by atoms with van der Waals surface area (Å²) in [6.07, 6.45) is 7.39. The predicted octanol–water partition coefficient (Wildman–Crippen LogP) is 4.12. The van der Waals surface area contributed by atoms with Crippen molar-refractivity contribution in [3.05, 3.63) is 70.0 Å². The summed E-state index contributed by atoms with van der Waals surface area (Å²) in [6.45, 7) is 4.46.